The van der Waals surface area contributed by atoms with Crippen molar-refractivity contribution in [1.82, 2.24) is 5.43 Å². The van der Waals surface area contributed by atoms with Gasteiger partial charge in [0.2, 0.25) is 0 Å². The minimum atomic E-state index is -0.211. The van der Waals surface area contributed by atoms with Gasteiger partial charge in [0.1, 0.15) is 12.6 Å². The average Bonchev–Trinajstić information content (AvgIpc) is 3.11. The standard InChI is InChI=1S/C25H23N3O/c1-25(21-13-7-4-8-14-21)17-22(16-23(25)19-10-5-3-6-11-19)26-27-24(29)20-12-9-15-28(2)18-20/h3-16,18H,17H2,1-2H3/p+1/b26-22-. The zero-order valence-corrected chi connectivity index (χ0v) is 16.7. The van der Waals surface area contributed by atoms with Crippen LogP contribution < -0.4 is 9.99 Å². The first-order chi connectivity index (χ1) is 14.1. The number of nitrogens with zero attached hydrogens (tertiary/aromatic N) is 2. The van der Waals surface area contributed by atoms with Gasteiger partial charge in [-0.05, 0) is 28.8 Å². The molecule has 1 heterocycles. The number of carbonyl (C=O) groups is 1. The van der Waals surface area contributed by atoms with E-state index in [1.165, 1.54) is 16.7 Å². The summed E-state index contributed by atoms with van der Waals surface area (Å²) >= 11 is 0. The average molecular weight is 382 g/mol. The summed E-state index contributed by atoms with van der Waals surface area (Å²) in [6.07, 6.45) is 6.50. The molecule has 0 bridgehead atoms. The third-order valence-electron chi connectivity index (χ3n) is 5.44. The minimum Gasteiger partial charge on any atom is -0.267 e. The Morgan fingerprint density at radius 2 is 1.69 bits per heavy atom. The molecule has 1 atom stereocenters. The summed E-state index contributed by atoms with van der Waals surface area (Å²) in [7, 11) is 1.89. The van der Waals surface area contributed by atoms with Crippen LogP contribution in [0.4, 0.5) is 0 Å². The van der Waals surface area contributed by atoms with Crippen molar-refractivity contribution in [3.63, 3.8) is 0 Å². The van der Waals surface area contributed by atoms with Crippen LogP contribution in [0.5, 0.6) is 0 Å². The second kappa shape index (κ2) is 7.84. The molecule has 0 saturated carbocycles. The third kappa shape index (κ3) is 3.87. The Bertz CT molecular complexity index is 1090. The van der Waals surface area contributed by atoms with E-state index >= 15 is 0 Å². The largest absolute Gasteiger partial charge is 0.277 e. The van der Waals surface area contributed by atoms with Crippen LogP contribution in [0.2, 0.25) is 0 Å². The number of carbonyl (C=O) groups excluding carboxylic acids is 1. The van der Waals surface area contributed by atoms with Gasteiger partial charge in [-0.15, -0.1) is 0 Å². The number of amides is 1. The van der Waals surface area contributed by atoms with Gasteiger partial charge < -0.3 is 0 Å². The molecule has 144 valence electrons. The molecule has 29 heavy (non-hydrogen) atoms. The summed E-state index contributed by atoms with van der Waals surface area (Å²) in [6, 6.07) is 24.5. The smallest absolute Gasteiger partial charge is 0.267 e. The molecule has 0 radical (unpaired) electrons. The van der Waals surface area contributed by atoms with E-state index in [9.17, 15) is 4.79 Å². The van der Waals surface area contributed by atoms with Gasteiger partial charge in [-0.25, -0.2) is 9.99 Å². The normalized spacial score (nSPS) is 19.8. The number of hydrogen-bond acceptors (Lipinski definition) is 2. The molecule has 1 N–H and O–H groups in total. The van der Waals surface area contributed by atoms with Gasteiger partial charge in [0, 0.05) is 17.9 Å². The van der Waals surface area contributed by atoms with Crippen molar-refractivity contribution in [1.29, 1.82) is 0 Å². The van der Waals surface area contributed by atoms with Gasteiger partial charge in [0.05, 0.1) is 5.71 Å². The van der Waals surface area contributed by atoms with Crippen molar-refractivity contribution in [2.24, 2.45) is 12.1 Å². The van der Waals surface area contributed by atoms with Crippen molar-refractivity contribution < 1.29 is 9.36 Å². The number of aryl methyl sites for hydroxylation is 1. The number of nitrogens with one attached hydrogen (secondary N) is 1. The number of benzene rings is 2. The highest BCUT2D eigenvalue weighted by molar-refractivity contribution is 6.09. The van der Waals surface area contributed by atoms with Crippen LogP contribution in [0.1, 0.15) is 34.8 Å². The molecule has 1 unspecified atom stereocenters. The summed E-state index contributed by atoms with van der Waals surface area (Å²) in [6.45, 7) is 2.24. The maximum atomic E-state index is 12.5. The first-order valence-corrected chi connectivity index (χ1v) is 9.71. The summed E-state index contributed by atoms with van der Waals surface area (Å²) in [5.74, 6) is -0.211. The van der Waals surface area contributed by atoms with Crippen LogP contribution in [0, 0.1) is 0 Å². The summed E-state index contributed by atoms with van der Waals surface area (Å²) in [5, 5.41) is 4.46. The van der Waals surface area contributed by atoms with Gasteiger partial charge in [0.15, 0.2) is 12.4 Å². The lowest BCUT2D eigenvalue weighted by Gasteiger charge is -2.28. The van der Waals surface area contributed by atoms with Gasteiger partial charge in [-0.1, -0.05) is 67.6 Å². The molecule has 1 aliphatic carbocycles. The maximum absolute atomic E-state index is 12.5. The highest BCUT2D eigenvalue weighted by Crippen LogP contribution is 2.45. The van der Waals surface area contributed by atoms with Crippen molar-refractivity contribution in [2.45, 2.75) is 18.8 Å². The zero-order valence-electron chi connectivity index (χ0n) is 16.7. The summed E-state index contributed by atoms with van der Waals surface area (Å²) < 4.78 is 1.84. The van der Waals surface area contributed by atoms with Crippen molar-refractivity contribution in [3.05, 3.63) is 108 Å². The fourth-order valence-electron chi connectivity index (χ4n) is 3.90. The van der Waals surface area contributed by atoms with E-state index in [1.807, 2.05) is 48.1 Å². The first-order valence-electron chi connectivity index (χ1n) is 9.71. The van der Waals surface area contributed by atoms with E-state index in [0.717, 1.165) is 12.1 Å². The third-order valence-corrected chi connectivity index (χ3v) is 5.44. The van der Waals surface area contributed by atoms with Crippen LogP contribution in [0.25, 0.3) is 5.57 Å². The molecule has 0 spiro atoms. The lowest BCUT2D eigenvalue weighted by atomic mass is 9.74. The molecule has 4 heteroatoms. The highest BCUT2D eigenvalue weighted by atomic mass is 16.2. The lowest BCUT2D eigenvalue weighted by Crippen LogP contribution is -2.30. The molecule has 1 amide bonds. The number of pyridine rings is 1. The van der Waals surface area contributed by atoms with Crippen LogP contribution in [0.3, 0.4) is 0 Å². The molecule has 4 rings (SSSR count). The zero-order chi connectivity index (χ0) is 20.3. The van der Waals surface area contributed by atoms with Crippen molar-refractivity contribution >= 4 is 17.2 Å². The topological polar surface area (TPSA) is 45.3 Å². The predicted octanol–water partition coefficient (Wildman–Crippen LogP) is 4.04. The summed E-state index contributed by atoms with van der Waals surface area (Å²) in [5.41, 5.74) is 7.58. The second-order valence-corrected chi connectivity index (χ2v) is 7.60. The Morgan fingerprint density at radius 1 is 1.00 bits per heavy atom. The Kier molecular flexibility index (Phi) is 5.09. The predicted molar refractivity (Wildman–Crippen MR) is 115 cm³/mol. The number of hydrazone groups is 1. The van der Waals surface area contributed by atoms with E-state index in [0.29, 0.717) is 5.56 Å². The van der Waals surface area contributed by atoms with Crippen molar-refractivity contribution in [2.75, 3.05) is 0 Å². The molecule has 0 saturated heterocycles. The Morgan fingerprint density at radius 3 is 2.38 bits per heavy atom. The SMILES string of the molecule is C[n+]1cccc(C(=O)N/N=C2/C=C(c3ccccc3)C(C)(c3ccccc3)C2)c1. The Labute approximate surface area is 171 Å². The highest BCUT2D eigenvalue weighted by Gasteiger charge is 2.38. The molecule has 4 nitrogen and oxygen atoms in total. The minimum absolute atomic E-state index is 0.203. The second-order valence-electron chi connectivity index (χ2n) is 7.60. The van der Waals surface area contributed by atoms with Gasteiger partial charge >= 0.3 is 0 Å². The summed E-state index contributed by atoms with van der Waals surface area (Å²) in [4.78, 5) is 12.5. The van der Waals surface area contributed by atoms with Gasteiger partial charge in [-0.3, -0.25) is 4.79 Å². The van der Waals surface area contributed by atoms with Crippen LogP contribution in [0.15, 0.2) is 96.4 Å². The number of rotatable bonds is 4. The number of hydrogen-bond donors (Lipinski definition) is 1. The Balaban J connectivity index is 1.66. The number of allylic oxidation sites excluding steroid dienone is 2. The molecular formula is C25H24N3O+. The molecule has 2 aromatic carbocycles. The molecular weight excluding hydrogens is 358 g/mol. The number of aromatic nitrogens is 1. The van der Waals surface area contributed by atoms with E-state index in [4.69, 9.17) is 0 Å². The van der Waals surface area contributed by atoms with Crippen LogP contribution in [-0.2, 0) is 12.5 Å². The fraction of sp³-hybridized carbons (Fsp3) is 0.160. The monoisotopic (exact) mass is 382 g/mol. The van der Waals surface area contributed by atoms with Crippen molar-refractivity contribution in [3.8, 4) is 0 Å². The van der Waals surface area contributed by atoms with E-state index < -0.39 is 0 Å². The van der Waals surface area contributed by atoms with E-state index in [2.05, 4.69) is 59.9 Å². The Hall–Kier alpha value is -3.53. The van der Waals surface area contributed by atoms with E-state index in [-0.39, 0.29) is 11.3 Å². The van der Waals surface area contributed by atoms with E-state index in [1.54, 1.807) is 12.3 Å². The van der Waals surface area contributed by atoms with Gasteiger partial charge in [0.25, 0.3) is 5.91 Å². The molecule has 0 aliphatic heterocycles. The fourth-order valence-corrected chi connectivity index (χ4v) is 3.90. The quantitative estimate of drug-likeness (QED) is 0.537. The molecule has 1 aromatic heterocycles. The van der Waals surface area contributed by atoms with Crippen LogP contribution >= 0.6 is 0 Å². The molecule has 0 fully saturated rings. The molecule has 1 aliphatic rings. The van der Waals surface area contributed by atoms with Gasteiger partial charge in [-0.2, -0.15) is 5.10 Å². The van der Waals surface area contributed by atoms with Crippen LogP contribution in [-0.4, -0.2) is 11.6 Å². The maximum Gasteiger partial charge on any atom is 0.277 e. The first kappa shape index (κ1) is 18.8. The molecule has 3 aromatic rings. The lowest BCUT2D eigenvalue weighted by molar-refractivity contribution is -0.671.